The van der Waals surface area contributed by atoms with Crippen LogP contribution in [0.4, 0.5) is 4.79 Å². The van der Waals surface area contributed by atoms with Gasteiger partial charge < -0.3 is 15.3 Å². The zero-order valence-electron chi connectivity index (χ0n) is 10.0. The molecule has 19 heavy (non-hydrogen) atoms. The molecule has 1 saturated carbocycles. The van der Waals surface area contributed by atoms with Crippen LogP contribution in [-0.4, -0.2) is 41.1 Å². The number of carbonyl (C=O) groups is 2. The molecular formula is C13H13IN2O3. The number of likely N-dealkylation sites (tertiary alicyclic amines) is 1. The molecule has 6 heteroatoms. The number of halogens is 1. The molecule has 2 aliphatic rings. The van der Waals surface area contributed by atoms with Gasteiger partial charge in [-0.1, -0.05) is 0 Å². The maximum atomic E-state index is 12.2. The molecule has 1 aromatic rings. The van der Waals surface area contributed by atoms with Crippen LogP contribution in [0.3, 0.4) is 0 Å². The van der Waals surface area contributed by atoms with Gasteiger partial charge in [0.1, 0.15) is 0 Å². The van der Waals surface area contributed by atoms with E-state index < -0.39 is 6.09 Å². The highest BCUT2D eigenvalue weighted by atomic mass is 127. The third-order valence-electron chi connectivity index (χ3n) is 3.86. The molecule has 5 nitrogen and oxygen atoms in total. The van der Waals surface area contributed by atoms with Crippen molar-refractivity contribution in [1.82, 2.24) is 10.2 Å². The maximum absolute atomic E-state index is 12.2. The number of fused-ring (bicyclic) bond motifs is 1. The van der Waals surface area contributed by atoms with Gasteiger partial charge in [0.25, 0.3) is 5.91 Å². The van der Waals surface area contributed by atoms with Gasteiger partial charge in [0.2, 0.25) is 0 Å². The smallest absolute Gasteiger partial charge is 0.404 e. The van der Waals surface area contributed by atoms with Crippen molar-refractivity contribution >= 4 is 34.6 Å². The molecule has 2 atom stereocenters. The van der Waals surface area contributed by atoms with E-state index in [4.69, 9.17) is 5.11 Å². The molecular weight excluding hydrogens is 359 g/mol. The Morgan fingerprint density at radius 2 is 1.79 bits per heavy atom. The quantitative estimate of drug-likeness (QED) is 0.776. The Labute approximate surface area is 124 Å². The predicted molar refractivity (Wildman–Crippen MR) is 77.0 cm³/mol. The third-order valence-corrected chi connectivity index (χ3v) is 4.58. The third kappa shape index (κ3) is 2.41. The first kappa shape index (κ1) is 12.7. The molecule has 2 N–H and O–H groups in total. The molecule has 1 aromatic carbocycles. The molecule has 1 saturated heterocycles. The minimum Gasteiger partial charge on any atom is -0.465 e. The number of amides is 2. The Kier molecular flexibility index (Phi) is 3.12. The van der Waals surface area contributed by atoms with Gasteiger partial charge in [-0.2, -0.15) is 0 Å². The fraction of sp³-hybridized carbons (Fsp3) is 0.385. The number of nitrogens with one attached hydrogen (secondary N) is 1. The van der Waals surface area contributed by atoms with E-state index >= 15 is 0 Å². The summed E-state index contributed by atoms with van der Waals surface area (Å²) in [6.45, 7) is 1.31. The largest absolute Gasteiger partial charge is 0.465 e. The van der Waals surface area contributed by atoms with E-state index in [0.717, 1.165) is 3.57 Å². The number of benzene rings is 1. The van der Waals surface area contributed by atoms with Gasteiger partial charge in [0.15, 0.2) is 0 Å². The molecule has 0 radical (unpaired) electrons. The second-order valence-electron chi connectivity index (χ2n) is 5.02. The molecule has 2 amide bonds. The number of hydrogen-bond acceptors (Lipinski definition) is 2. The molecule has 3 rings (SSSR count). The van der Waals surface area contributed by atoms with Crippen LogP contribution >= 0.6 is 22.6 Å². The average Bonchev–Trinajstić information content (AvgIpc) is 2.84. The first-order chi connectivity index (χ1) is 9.06. The lowest BCUT2D eigenvalue weighted by atomic mass is 10.2. The highest BCUT2D eigenvalue weighted by molar-refractivity contribution is 14.1. The van der Waals surface area contributed by atoms with Gasteiger partial charge in [-0.15, -0.1) is 0 Å². The lowest BCUT2D eigenvalue weighted by Gasteiger charge is -2.20. The van der Waals surface area contributed by atoms with Gasteiger partial charge in [-0.25, -0.2) is 4.79 Å². The Balaban J connectivity index is 1.60. The first-order valence-corrected chi connectivity index (χ1v) is 7.18. The summed E-state index contributed by atoms with van der Waals surface area (Å²) in [5.41, 5.74) is 0.699. The van der Waals surface area contributed by atoms with Crippen LogP contribution in [0.5, 0.6) is 0 Å². The van der Waals surface area contributed by atoms with Crippen LogP contribution in [0.2, 0.25) is 0 Å². The summed E-state index contributed by atoms with van der Waals surface area (Å²) in [6, 6.07) is 7.54. The Bertz CT molecular complexity index is 519. The Hall–Kier alpha value is -1.31. The number of rotatable bonds is 2. The Morgan fingerprint density at radius 1 is 1.21 bits per heavy atom. The molecule has 100 valence electrons. The zero-order chi connectivity index (χ0) is 13.6. The fourth-order valence-corrected chi connectivity index (χ4v) is 3.18. The molecule has 1 aliphatic heterocycles. The molecule has 1 aliphatic carbocycles. The minimum atomic E-state index is -0.977. The number of piperidine rings is 1. The summed E-state index contributed by atoms with van der Waals surface area (Å²) in [5, 5.41) is 11.2. The van der Waals surface area contributed by atoms with E-state index in [9.17, 15) is 9.59 Å². The van der Waals surface area contributed by atoms with E-state index in [0.29, 0.717) is 30.5 Å². The summed E-state index contributed by atoms with van der Waals surface area (Å²) in [7, 11) is 0. The molecule has 0 bridgehead atoms. The maximum Gasteiger partial charge on any atom is 0.404 e. The lowest BCUT2D eigenvalue weighted by Crippen LogP contribution is -2.36. The van der Waals surface area contributed by atoms with Gasteiger partial charge in [-0.3, -0.25) is 4.79 Å². The van der Waals surface area contributed by atoms with Gasteiger partial charge in [0.05, 0.1) is 0 Å². The number of hydrogen-bond donors (Lipinski definition) is 2. The van der Waals surface area contributed by atoms with Gasteiger partial charge in [0, 0.05) is 40.1 Å². The summed E-state index contributed by atoms with van der Waals surface area (Å²) in [4.78, 5) is 24.6. The van der Waals surface area contributed by atoms with E-state index in [2.05, 4.69) is 27.9 Å². The van der Waals surface area contributed by atoms with Crippen LogP contribution in [0.1, 0.15) is 10.4 Å². The molecule has 0 spiro atoms. The number of nitrogens with zero attached hydrogens (tertiary/aromatic N) is 1. The van der Waals surface area contributed by atoms with E-state index in [1.807, 2.05) is 29.2 Å². The van der Waals surface area contributed by atoms with Crippen LogP contribution in [0, 0.1) is 15.4 Å². The van der Waals surface area contributed by atoms with Crippen molar-refractivity contribution in [2.75, 3.05) is 13.1 Å². The highest BCUT2D eigenvalue weighted by Gasteiger charge is 2.57. The molecule has 0 aromatic heterocycles. The van der Waals surface area contributed by atoms with Crippen molar-refractivity contribution in [1.29, 1.82) is 0 Å². The number of carbonyl (C=O) groups excluding carboxylic acids is 1. The zero-order valence-corrected chi connectivity index (χ0v) is 12.2. The summed E-state index contributed by atoms with van der Waals surface area (Å²) in [6.07, 6.45) is -0.977. The van der Waals surface area contributed by atoms with Crippen LogP contribution < -0.4 is 5.32 Å². The van der Waals surface area contributed by atoms with E-state index in [1.54, 1.807) is 0 Å². The van der Waals surface area contributed by atoms with Crippen LogP contribution in [0.15, 0.2) is 24.3 Å². The van der Waals surface area contributed by atoms with Crippen molar-refractivity contribution < 1.29 is 14.7 Å². The lowest BCUT2D eigenvalue weighted by molar-refractivity contribution is 0.0771. The second kappa shape index (κ2) is 4.66. The summed E-state index contributed by atoms with van der Waals surface area (Å²) < 4.78 is 1.10. The van der Waals surface area contributed by atoms with Crippen LogP contribution in [-0.2, 0) is 0 Å². The second-order valence-corrected chi connectivity index (χ2v) is 6.27. The van der Waals surface area contributed by atoms with E-state index in [-0.39, 0.29) is 11.9 Å². The van der Waals surface area contributed by atoms with Crippen molar-refractivity contribution in [2.24, 2.45) is 11.8 Å². The normalized spacial score (nSPS) is 27.8. The van der Waals surface area contributed by atoms with Crippen LogP contribution in [0.25, 0.3) is 0 Å². The SMILES string of the molecule is O=C(O)NC1C2CN(C(=O)c3ccc(I)cc3)CC21. The van der Waals surface area contributed by atoms with Crippen molar-refractivity contribution in [3.63, 3.8) is 0 Å². The fourth-order valence-electron chi connectivity index (χ4n) is 2.82. The topological polar surface area (TPSA) is 69.6 Å². The van der Waals surface area contributed by atoms with Crippen molar-refractivity contribution in [3.8, 4) is 0 Å². The average molecular weight is 372 g/mol. The predicted octanol–water partition coefficient (Wildman–Crippen LogP) is 1.63. The monoisotopic (exact) mass is 372 g/mol. The van der Waals surface area contributed by atoms with Crippen molar-refractivity contribution in [3.05, 3.63) is 33.4 Å². The van der Waals surface area contributed by atoms with E-state index in [1.165, 1.54) is 0 Å². The highest BCUT2D eigenvalue weighted by Crippen LogP contribution is 2.45. The van der Waals surface area contributed by atoms with Gasteiger partial charge in [-0.05, 0) is 46.9 Å². The Morgan fingerprint density at radius 3 is 2.32 bits per heavy atom. The first-order valence-electron chi connectivity index (χ1n) is 6.10. The van der Waals surface area contributed by atoms with Gasteiger partial charge >= 0.3 is 6.09 Å². The molecule has 2 unspecified atom stereocenters. The molecule has 1 heterocycles. The minimum absolute atomic E-state index is 0.0395. The summed E-state index contributed by atoms with van der Waals surface area (Å²) >= 11 is 2.20. The summed E-state index contributed by atoms with van der Waals surface area (Å²) in [5.74, 6) is 0.630. The standard InChI is InChI=1S/C13H13IN2O3/c14-8-3-1-7(2-4-8)12(17)16-5-9-10(6-16)11(9)15-13(18)19/h1-4,9-11,15H,5-6H2,(H,18,19). The number of carboxylic acid groups (broad SMARTS) is 1. The molecule has 2 fully saturated rings. The van der Waals surface area contributed by atoms with Crippen molar-refractivity contribution in [2.45, 2.75) is 6.04 Å².